The molecule has 1 aliphatic heterocycles. The van der Waals surface area contributed by atoms with Gasteiger partial charge in [0.25, 0.3) is 5.91 Å². The first-order chi connectivity index (χ1) is 21.4. The summed E-state index contributed by atoms with van der Waals surface area (Å²) >= 11 is 0. The van der Waals surface area contributed by atoms with Crippen LogP contribution in [-0.2, 0) is 0 Å². The van der Waals surface area contributed by atoms with E-state index in [-0.39, 0.29) is 11.8 Å². The summed E-state index contributed by atoms with van der Waals surface area (Å²) in [6.45, 7) is 1.23. The number of rotatable bonds is 7. The first-order valence-electron chi connectivity index (χ1n) is 13.9. The monoisotopic (exact) mass is 598 g/mol. The third-order valence-electron chi connectivity index (χ3n) is 7.23. The molecule has 44 heavy (non-hydrogen) atoms. The highest BCUT2D eigenvalue weighted by Crippen LogP contribution is 2.28. The topological polar surface area (TPSA) is 117 Å². The van der Waals surface area contributed by atoms with Gasteiger partial charge in [-0.1, -0.05) is 0 Å². The fourth-order valence-electron chi connectivity index (χ4n) is 5.07. The summed E-state index contributed by atoms with van der Waals surface area (Å²) in [6, 6.07) is 14.4. The van der Waals surface area contributed by atoms with Crippen LogP contribution in [0.4, 0.5) is 30.8 Å². The number of fused-ring (bicyclic) bond motifs is 1. The van der Waals surface area contributed by atoms with Crippen molar-refractivity contribution in [2.45, 2.75) is 13.5 Å². The standard InChI is InChI=1S/C31H28F2N8O3/c1-20-18-22(4-7-25(20)29(42)41(23-8-10-34-11-9-23)31(43)39-15-12-35-13-16-39)38-27-28-37-19-26(40(28)17-14-36-27)21-2-5-24(6-3-21)44-30(32)33/h2-11,14,17-19,30,35H,12-13,15-16H2,1H3,(H,36,38). The molecular weight excluding hydrogens is 570 g/mol. The molecule has 0 unspecified atom stereocenters. The number of aromatic nitrogens is 4. The number of amides is 3. The number of alkyl halides is 2. The number of benzene rings is 2. The van der Waals surface area contributed by atoms with Crippen LogP contribution in [0.1, 0.15) is 15.9 Å². The van der Waals surface area contributed by atoms with Gasteiger partial charge in [0.05, 0.1) is 17.6 Å². The first-order valence-corrected chi connectivity index (χ1v) is 13.9. The maximum Gasteiger partial charge on any atom is 0.387 e. The summed E-state index contributed by atoms with van der Waals surface area (Å²) in [5.41, 5.74) is 4.18. The number of ether oxygens (including phenoxy) is 1. The molecule has 0 aliphatic carbocycles. The second-order valence-electron chi connectivity index (χ2n) is 10.0. The van der Waals surface area contributed by atoms with Crippen molar-refractivity contribution in [3.8, 4) is 17.0 Å². The third-order valence-corrected chi connectivity index (χ3v) is 7.23. The van der Waals surface area contributed by atoms with E-state index in [0.29, 0.717) is 60.1 Å². The molecule has 0 radical (unpaired) electrons. The van der Waals surface area contributed by atoms with Gasteiger partial charge in [0.1, 0.15) is 5.75 Å². The summed E-state index contributed by atoms with van der Waals surface area (Å²) in [5, 5.41) is 6.49. The Balaban J connectivity index is 1.25. The van der Waals surface area contributed by atoms with Gasteiger partial charge >= 0.3 is 12.6 Å². The molecule has 13 heteroatoms. The number of imidazole rings is 1. The number of piperazine rings is 1. The molecule has 0 spiro atoms. The first kappa shape index (κ1) is 28.7. The SMILES string of the molecule is Cc1cc(Nc2nccn3c(-c4ccc(OC(F)F)cc4)cnc23)ccc1C(=O)N(C(=O)N1CCNCC1)c1ccncc1. The van der Waals surface area contributed by atoms with E-state index in [1.165, 1.54) is 17.0 Å². The minimum atomic E-state index is -2.90. The highest BCUT2D eigenvalue weighted by Gasteiger charge is 2.30. The van der Waals surface area contributed by atoms with Crippen LogP contribution in [0.3, 0.4) is 0 Å². The van der Waals surface area contributed by atoms with E-state index in [4.69, 9.17) is 0 Å². The molecule has 1 fully saturated rings. The van der Waals surface area contributed by atoms with Gasteiger partial charge in [-0.3, -0.25) is 14.2 Å². The Bertz CT molecular complexity index is 1790. The maximum absolute atomic E-state index is 13.9. The van der Waals surface area contributed by atoms with E-state index in [9.17, 15) is 18.4 Å². The van der Waals surface area contributed by atoms with E-state index in [1.54, 1.807) is 72.3 Å². The van der Waals surface area contributed by atoms with Crippen LogP contribution in [0.2, 0.25) is 0 Å². The molecule has 3 aromatic heterocycles. The lowest BCUT2D eigenvalue weighted by atomic mass is 10.1. The zero-order chi connectivity index (χ0) is 30.6. The number of urea groups is 1. The van der Waals surface area contributed by atoms with E-state index in [0.717, 1.165) is 11.3 Å². The van der Waals surface area contributed by atoms with E-state index in [2.05, 4.69) is 30.3 Å². The molecule has 224 valence electrons. The fraction of sp³-hybridized carbons (Fsp3) is 0.194. The van der Waals surface area contributed by atoms with Gasteiger partial charge < -0.3 is 20.3 Å². The van der Waals surface area contributed by atoms with Gasteiger partial charge in [-0.05, 0) is 67.1 Å². The van der Waals surface area contributed by atoms with Crippen LogP contribution in [0.15, 0.2) is 85.6 Å². The fourth-order valence-corrected chi connectivity index (χ4v) is 5.07. The van der Waals surface area contributed by atoms with Crippen LogP contribution in [0.25, 0.3) is 16.9 Å². The zero-order valence-electron chi connectivity index (χ0n) is 23.7. The predicted octanol–water partition coefficient (Wildman–Crippen LogP) is 5.12. The van der Waals surface area contributed by atoms with Gasteiger partial charge in [0.15, 0.2) is 11.5 Å². The highest BCUT2D eigenvalue weighted by molar-refractivity contribution is 6.21. The lowest BCUT2D eigenvalue weighted by Crippen LogP contribution is -2.53. The molecular formula is C31H28F2N8O3. The molecule has 5 aromatic rings. The van der Waals surface area contributed by atoms with Crippen molar-refractivity contribution >= 4 is 34.8 Å². The number of halogens is 2. The number of hydrogen-bond donors (Lipinski definition) is 2. The Hall–Kier alpha value is -5.43. The van der Waals surface area contributed by atoms with Crippen molar-refractivity contribution in [1.82, 2.24) is 29.6 Å². The number of imide groups is 1. The van der Waals surface area contributed by atoms with Crippen molar-refractivity contribution in [3.63, 3.8) is 0 Å². The molecule has 6 rings (SSSR count). The predicted molar refractivity (Wildman–Crippen MR) is 160 cm³/mol. The van der Waals surface area contributed by atoms with Crippen molar-refractivity contribution in [2.24, 2.45) is 0 Å². The lowest BCUT2D eigenvalue weighted by Gasteiger charge is -2.32. The third kappa shape index (κ3) is 5.90. The lowest BCUT2D eigenvalue weighted by molar-refractivity contribution is -0.0498. The quantitative estimate of drug-likeness (QED) is 0.265. The Morgan fingerprint density at radius 1 is 1.00 bits per heavy atom. The molecule has 2 aromatic carbocycles. The van der Waals surface area contributed by atoms with Crippen LogP contribution >= 0.6 is 0 Å². The second kappa shape index (κ2) is 12.4. The largest absolute Gasteiger partial charge is 0.435 e. The number of pyridine rings is 1. The number of hydrogen-bond acceptors (Lipinski definition) is 8. The second-order valence-corrected chi connectivity index (χ2v) is 10.0. The Labute approximate surface area is 251 Å². The zero-order valence-corrected chi connectivity index (χ0v) is 23.7. The number of anilines is 3. The minimum absolute atomic E-state index is 0.0657. The molecule has 0 saturated carbocycles. The van der Waals surface area contributed by atoms with Gasteiger partial charge in [0, 0.05) is 67.8 Å². The Morgan fingerprint density at radius 2 is 1.75 bits per heavy atom. The summed E-state index contributed by atoms with van der Waals surface area (Å²) < 4.78 is 31.3. The molecule has 3 amide bonds. The minimum Gasteiger partial charge on any atom is -0.435 e. The van der Waals surface area contributed by atoms with E-state index >= 15 is 0 Å². The Morgan fingerprint density at radius 3 is 2.45 bits per heavy atom. The maximum atomic E-state index is 13.9. The normalized spacial score (nSPS) is 13.2. The summed E-state index contributed by atoms with van der Waals surface area (Å²) in [6.07, 6.45) is 8.13. The number of aryl methyl sites for hydroxylation is 1. The van der Waals surface area contributed by atoms with Crippen LogP contribution in [0.5, 0.6) is 5.75 Å². The van der Waals surface area contributed by atoms with Crippen molar-refractivity contribution < 1.29 is 23.1 Å². The van der Waals surface area contributed by atoms with Crippen LogP contribution < -0.4 is 20.3 Å². The van der Waals surface area contributed by atoms with Gasteiger partial charge in [0.2, 0.25) is 0 Å². The van der Waals surface area contributed by atoms with Crippen molar-refractivity contribution in [3.05, 3.63) is 96.7 Å². The average Bonchev–Trinajstić information content (AvgIpc) is 3.47. The Kier molecular flexibility index (Phi) is 8.10. The highest BCUT2D eigenvalue weighted by atomic mass is 19.3. The number of nitrogens with one attached hydrogen (secondary N) is 2. The van der Waals surface area contributed by atoms with Crippen molar-refractivity contribution in [1.29, 1.82) is 0 Å². The molecule has 1 saturated heterocycles. The van der Waals surface area contributed by atoms with E-state index < -0.39 is 12.5 Å². The van der Waals surface area contributed by atoms with Gasteiger partial charge in [-0.15, -0.1) is 0 Å². The summed E-state index contributed by atoms with van der Waals surface area (Å²) in [5.74, 6) is 0.102. The smallest absolute Gasteiger partial charge is 0.387 e. The molecule has 0 bridgehead atoms. The number of carbonyl (C=O) groups excluding carboxylic acids is 2. The number of carbonyl (C=O) groups is 2. The molecule has 2 N–H and O–H groups in total. The van der Waals surface area contributed by atoms with Gasteiger partial charge in [-0.2, -0.15) is 8.78 Å². The number of nitrogens with zero attached hydrogens (tertiary/aromatic N) is 6. The summed E-state index contributed by atoms with van der Waals surface area (Å²) in [4.78, 5) is 43.3. The van der Waals surface area contributed by atoms with Gasteiger partial charge in [-0.25, -0.2) is 19.7 Å². The molecule has 0 atom stereocenters. The molecule has 4 heterocycles. The molecule has 11 nitrogen and oxygen atoms in total. The van der Waals surface area contributed by atoms with E-state index in [1.807, 2.05) is 17.4 Å². The average molecular weight is 599 g/mol. The molecule has 1 aliphatic rings. The van der Waals surface area contributed by atoms with Crippen LogP contribution in [-0.4, -0.2) is 69.0 Å². The van der Waals surface area contributed by atoms with Crippen LogP contribution in [0, 0.1) is 6.92 Å². The summed E-state index contributed by atoms with van der Waals surface area (Å²) in [7, 11) is 0. The van der Waals surface area contributed by atoms with Crippen molar-refractivity contribution in [2.75, 3.05) is 36.4 Å².